The molecule has 0 fully saturated rings. The molecule has 98 valence electrons. The molecular formula is C14H18ClNOS. The van der Waals surface area contributed by atoms with E-state index in [9.17, 15) is 0 Å². The number of thioether (sulfide) groups is 1. The third kappa shape index (κ3) is 3.79. The van der Waals surface area contributed by atoms with Crippen molar-refractivity contribution in [3.8, 4) is 0 Å². The number of aromatic nitrogens is 1. The molecule has 2 aromatic heterocycles. The molecule has 2 rings (SSSR count). The first-order valence-electron chi connectivity index (χ1n) is 5.91. The second kappa shape index (κ2) is 7.49. The molecule has 18 heavy (non-hydrogen) atoms. The molecule has 0 spiro atoms. The van der Waals surface area contributed by atoms with E-state index in [1.54, 1.807) is 6.26 Å². The van der Waals surface area contributed by atoms with Crippen LogP contribution < -0.4 is 0 Å². The fourth-order valence-corrected chi connectivity index (χ4v) is 2.80. The number of pyridine rings is 1. The summed E-state index contributed by atoms with van der Waals surface area (Å²) in [5.74, 6) is 2.10. The van der Waals surface area contributed by atoms with Crippen LogP contribution in [0.3, 0.4) is 0 Å². The van der Waals surface area contributed by atoms with E-state index in [-0.39, 0.29) is 12.4 Å². The van der Waals surface area contributed by atoms with Crippen molar-refractivity contribution in [1.82, 2.24) is 4.98 Å². The van der Waals surface area contributed by atoms with Gasteiger partial charge in [0, 0.05) is 29.0 Å². The molecule has 0 unspecified atom stereocenters. The summed E-state index contributed by atoms with van der Waals surface area (Å²) < 4.78 is 5.32. The Morgan fingerprint density at radius 3 is 2.83 bits per heavy atom. The predicted octanol–water partition coefficient (Wildman–Crippen LogP) is 4.30. The third-order valence-electron chi connectivity index (χ3n) is 2.78. The summed E-state index contributed by atoms with van der Waals surface area (Å²) in [6.45, 7) is 4.30. The van der Waals surface area contributed by atoms with Crippen molar-refractivity contribution in [2.45, 2.75) is 31.6 Å². The maximum atomic E-state index is 5.32. The number of aryl methyl sites for hydroxylation is 2. The lowest BCUT2D eigenvalue weighted by molar-refractivity contribution is 0.517. The average molecular weight is 284 g/mol. The number of nitrogens with zero attached hydrogens (tertiary/aromatic N) is 1. The first-order chi connectivity index (χ1) is 8.31. The van der Waals surface area contributed by atoms with Crippen molar-refractivity contribution in [3.05, 3.63) is 47.7 Å². The molecule has 0 saturated heterocycles. The molecule has 0 aliphatic carbocycles. The van der Waals surface area contributed by atoms with Gasteiger partial charge in [-0.25, -0.2) is 0 Å². The van der Waals surface area contributed by atoms with Crippen molar-refractivity contribution < 1.29 is 4.42 Å². The molecule has 0 aliphatic heterocycles. The van der Waals surface area contributed by atoms with E-state index in [4.69, 9.17) is 4.42 Å². The first kappa shape index (κ1) is 15.1. The van der Waals surface area contributed by atoms with Gasteiger partial charge in [0.1, 0.15) is 5.76 Å². The fraction of sp³-hybridized carbons (Fsp3) is 0.357. The van der Waals surface area contributed by atoms with Crippen molar-refractivity contribution in [2.75, 3.05) is 5.75 Å². The normalized spacial score (nSPS) is 10.1. The van der Waals surface area contributed by atoms with E-state index in [2.05, 4.69) is 24.9 Å². The molecule has 0 radical (unpaired) electrons. The van der Waals surface area contributed by atoms with Crippen molar-refractivity contribution >= 4 is 24.2 Å². The van der Waals surface area contributed by atoms with E-state index < -0.39 is 0 Å². The molecule has 2 nitrogen and oxygen atoms in total. The van der Waals surface area contributed by atoms with E-state index in [1.807, 2.05) is 30.1 Å². The van der Waals surface area contributed by atoms with Gasteiger partial charge in [-0.2, -0.15) is 0 Å². The molecule has 2 aromatic rings. The summed E-state index contributed by atoms with van der Waals surface area (Å²) in [6, 6.07) is 6.06. The summed E-state index contributed by atoms with van der Waals surface area (Å²) in [4.78, 5) is 5.72. The van der Waals surface area contributed by atoms with Gasteiger partial charge in [-0.3, -0.25) is 4.98 Å². The van der Waals surface area contributed by atoms with E-state index in [1.165, 1.54) is 16.2 Å². The SMILES string of the molecule is CCc1nccc(SCCc2ccco2)c1C.Cl. The Hall–Kier alpha value is -0.930. The van der Waals surface area contributed by atoms with Gasteiger partial charge < -0.3 is 4.42 Å². The highest BCUT2D eigenvalue weighted by Crippen LogP contribution is 2.24. The minimum absolute atomic E-state index is 0. The van der Waals surface area contributed by atoms with Crippen LogP contribution in [-0.2, 0) is 12.8 Å². The zero-order valence-electron chi connectivity index (χ0n) is 10.7. The van der Waals surface area contributed by atoms with Gasteiger partial charge >= 0.3 is 0 Å². The van der Waals surface area contributed by atoms with Gasteiger partial charge in [-0.15, -0.1) is 24.2 Å². The summed E-state index contributed by atoms with van der Waals surface area (Å²) in [7, 11) is 0. The zero-order chi connectivity index (χ0) is 12.1. The maximum absolute atomic E-state index is 5.32. The number of halogens is 1. The standard InChI is InChI=1S/C14H17NOS.ClH/c1-3-13-11(2)14(6-8-15-13)17-10-7-12-5-4-9-16-12;/h4-6,8-9H,3,7,10H2,1-2H3;1H. The van der Waals surface area contributed by atoms with Crippen LogP contribution in [0.25, 0.3) is 0 Å². The Morgan fingerprint density at radius 1 is 1.33 bits per heavy atom. The lowest BCUT2D eigenvalue weighted by Crippen LogP contribution is -1.94. The van der Waals surface area contributed by atoms with Gasteiger partial charge in [-0.1, -0.05) is 6.92 Å². The fourth-order valence-electron chi connectivity index (χ4n) is 1.79. The third-order valence-corrected chi connectivity index (χ3v) is 3.94. The van der Waals surface area contributed by atoms with Crippen LogP contribution in [0.4, 0.5) is 0 Å². The molecule has 4 heteroatoms. The number of furan rings is 1. The summed E-state index contributed by atoms with van der Waals surface area (Å²) >= 11 is 1.87. The quantitative estimate of drug-likeness (QED) is 0.765. The van der Waals surface area contributed by atoms with Crippen LogP contribution in [0, 0.1) is 6.92 Å². The number of rotatable bonds is 5. The molecule has 0 N–H and O–H groups in total. The minimum Gasteiger partial charge on any atom is -0.469 e. The Kier molecular flexibility index (Phi) is 6.30. The van der Waals surface area contributed by atoms with Crippen LogP contribution in [-0.4, -0.2) is 10.7 Å². The summed E-state index contributed by atoms with van der Waals surface area (Å²) in [5, 5.41) is 0. The van der Waals surface area contributed by atoms with Crippen LogP contribution in [0.1, 0.15) is 23.9 Å². The molecule has 0 bridgehead atoms. The van der Waals surface area contributed by atoms with Gasteiger partial charge in [0.15, 0.2) is 0 Å². The maximum Gasteiger partial charge on any atom is 0.104 e. The second-order valence-electron chi connectivity index (χ2n) is 3.91. The highest BCUT2D eigenvalue weighted by Gasteiger charge is 2.04. The van der Waals surface area contributed by atoms with Crippen LogP contribution in [0.15, 0.2) is 40.0 Å². The molecule has 0 atom stereocenters. The Bertz CT molecular complexity index is 471. The van der Waals surface area contributed by atoms with Crippen LogP contribution in [0.5, 0.6) is 0 Å². The Labute approximate surface area is 119 Å². The van der Waals surface area contributed by atoms with Crippen molar-refractivity contribution in [1.29, 1.82) is 0 Å². The van der Waals surface area contributed by atoms with Gasteiger partial charge in [0.05, 0.1) is 6.26 Å². The van der Waals surface area contributed by atoms with Gasteiger partial charge in [0.2, 0.25) is 0 Å². The minimum atomic E-state index is 0. The monoisotopic (exact) mass is 283 g/mol. The largest absolute Gasteiger partial charge is 0.469 e. The lowest BCUT2D eigenvalue weighted by Gasteiger charge is -2.08. The predicted molar refractivity (Wildman–Crippen MR) is 78.7 cm³/mol. The van der Waals surface area contributed by atoms with Gasteiger partial charge in [-0.05, 0) is 37.1 Å². The second-order valence-corrected chi connectivity index (χ2v) is 5.05. The molecule has 0 amide bonds. The van der Waals surface area contributed by atoms with E-state index in [0.717, 1.165) is 24.4 Å². The highest BCUT2D eigenvalue weighted by atomic mass is 35.5. The number of hydrogen-bond acceptors (Lipinski definition) is 3. The summed E-state index contributed by atoms with van der Waals surface area (Å²) in [6.07, 6.45) is 5.60. The highest BCUT2D eigenvalue weighted by molar-refractivity contribution is 7.99. The molecular weight excluding hydrogens is 266 g/mol. The Balaban J connectivity index is 0.00000162. The van der Waals surface area contributed by atoms with Crippen molar-refractivity contribution in [3.63, 3.8) is 0 Å². The number of hydrogen-bond donors (Lipinski definition) is 0. The smallest absolute Gasteiger partial charge is 0.104 e. The van der Waals surface area contributed by atoms with Gasteiger partial charge in [0.25, 0.3) is 0 Å². The summed E-state index contributed by atoms with van der Waals surface area (Å²) in [5.41, 5.74) is 2.52. The van der Waals surface area contributed by atoms with Crippen LogP contribution >= 0.6 is 24.2 Å². The molecule has 2 heterocycles. The molecule has 0 aromatic carbocycles. The van der Waals surface area contributed by atoms with E-state index >= 15 is 0 Å². The van der Waals surface area contributed by atoms with Crippen LogP contribution in [0.2, 0.25) is 0 Å². The zero-order valence-corrected chi connectivity index (χ0v) is 12.3. The topological polar surface area (TPSA) is 26.0 Å². The average Bonchev–Trinajstić information content (AvgIpc) is 2.84. The molecule has 0 saturated carbocycles. The molecule has 0 aliphatic rings. The Morgan fingerprint density at radius 2 is 2.17 bits per heavy atom. The van der Waals surface area contributed by atoms with Crippen molar-refractivity contribution in [2.24, 2.45) is 0 Å². The first-order valence-corrected chi connectivity index (χ1v) is 6.89. The van der Waals surface area contributed by atoms with E-state index in [0.29, 0.717) is 0 Å². The lowest BCUT2D eigenvalue weighted by atomic mass is 10.2.